The van der Waals surface area contributed by atoms with Crippen molar-refractivity contribution in [3.05, 3.63) is 116 Å². The highest BCUT2D eigenvalue weighted by Gasteiger charge is 2.67. The lowest BCUT2D eigenvalue weighted by Crippen LogP contribution is -2.18. The van der Waals surface area contributed by atoms with Crippen molar-refractivity contribution in [2.45, 2.75) is 23.7 Å². The molecule has 4 aromatic rings. The Hall–Kier alpha value is -3.13. The van der Waals surface area contributed by atoms with Crippen molar-refractivity contribution in [3.8, 4) is 5.75 Å². The van der Waals surface area contributed by atoms with E-state index in [4.69, 9.17) is 62.7 Å². The Morgan fingerprint density at radius 2 is 1.51 bits per heavy atom. The fraction of sp³-hybridized carbons (Fsp3) is 0.188. The van der Waals surface area contributed by atoms with Crippen molar-refractivity contribution in [2.75, 3.05) is 23.1 Å². The molecule has 0 aliphatic heterocycles. The predicted octanol–water partition coefficient (Wildman–Crippen LogP) is 9.35. The molecule has 4 aromatic carbocycles. The molecule has 1 aliphatic rings. The summed E-state index contributed by atoms with van der Waals surface area (Å²) in [7, 11) is 1.63. The van der Waals surface area contributed by atoms with Gasteiger partial charge < -0.3 is 20.7 Å². The first-order valence-corrected chi connectivity index (χ1v) is 15.1. The molecule has 0 radical (unpaired) electrons. The maximum Gasteiger partial charge on any atom is 0.257 e. The number of ether oxygens (including phenoxy) is 1. The summed E-state index contributed by atoms with van der Waals surface area (Å²) in [6.45, 7) is 2.53. The maximum atomic E-state index is 13.2. The number of aryl methyl sites for hydroxylation is 1. The smallest absolute Gasteiger partial charge is 0.257 e. The Morgan fingerprint density at radius 3 is 2.16 bits per heavy atom. The van der Waals surface area contributed by atoms with E-state index in [1.54, 1.807) is 37.4 Å². The van der Waals surface area contributed by atoms with Crippen LogP contribution in [0, 0.1) is 12.8 Å². The second-order valence-electron chi connectivity index (χ2n) is 10.2. The van der Waals surface area contributed by atoms with E-state index in [0.29, 0.717) is 33.5 Å². The molecule has 0 bridgehead atoms. The molecule has 43 heavy (non-hydrogen) atoms. The lowest BCUT2D eigenvalue weighted by Gasteiger charge is -2.13. The van der Waals surface area contributed by atoms with Crippen molar-refractivity contribution < 1.29 is 14.3 Å². The summed E-state index contributed by atoms with van der Waals surface area (Å²) in [6.07, 6.45) is 0. The molecular formula is C32H26Cl5N3O3. The van der Waals surface area contributed by atoms with Gasteiger partial charge in [0.05, 0.1) is 23.6 Å². The highest BCUT2D eigenvalue weighted by Crippen LogP contribution is 2.65. The van der Waals surface area contributed by atoms with E-state index < -0.39 is 28.0 Å². The first-order valence-electron chi connectivity index (χ1n) is 13.2. The van der Waals surface area contributed by atoms with Crippen LogP contribution < -0.4 is 20.7 Å². The Balaban J connectivity index is 1.23. The Labute approximate surface area is 274 Å². The molecule has 6 nitrogen and oxygen atoms in total. The number of benzene rings is 4. The molecule has 0 unspecified atom stereocenters. The minimum atomic E-state index is -1.34. The highest BCUT2D eigenvalue weighted by atomic mass is 35.5. The Kier molecular flexibility index (Phi) is 9.35. The van der Waals surface area contributed by atoms with Crippen molar-refractivity contribution in [1.82, 2.24) is 0 Å². The standard InChI is InChI=1S/C32H26Cl5N3O3/c1-17-11-22(38-16-18-3-7-24(43-2)8-4-18)6-10-27(17)40-30(41)25-15-23(5-9-26(25)35)39-31(42)29-28(32(29,36)37)19-12-20(33)14-21(34)13-19/h3-15,28-29,38H,16H2,1-2H3,(H,39,42)(H,40,41)/t28-,29+/m0/s1. The number of carbonyl (C=O) groups is 2. The van der Waals surface area contributed by atoms with Gasteiger partial charge in [0.15, 0.2) is 0 Å². The van der Waals surface area contributed by atoms with E-state index in [9.17, 15) is 9.59 Å². The van der Waals surface area contributed by atoms with Crippen LogP contribution in [0.5, 0.6) is 5.75 Å². The summed E-state index contributed by atoms with van der Waals surface area (Å²) in [5.41, 5.74) is 4.71. The molecule has 1 aliphatic carbocycles. The van der Waals surface area contributed by atoms with Crippen LogP contribution in [-0.2, 0) is 11.3 Å². The predicted molar refractivity (Wildman–Crippen MR) is 177 cm³/mol. The van der Waals surface area contributed by atoms with E-state index in [1.807, 2.05) is 49.4 Å². The Bertz CT molecular complexity index is 1670. The van der Waals surface area contributed by atoms with Gasteiger partial charge in [-0.1, -0.05) is 46.9 Å². The van der Waals surface area contributed by atoms with Gasteiger partial charge in [-0.3, -0.25) is 9.59 Å². The van der Waals surface area contributed by atoms with Crippen LogP contribution >= 0.6 is 58.0 Å². The van der Waals surface area contributed by atoms with Crippen molar-refractivity contribution >= 4 is 86.9 Å². The lowest BCUT2D eigenvalue weighted by molar-refractivity contribution is -0.117. The first-order chi connectivity index (χ1) is 20.5. The molecule has 0 saturated heterocycles. The highest BCUT2D eigenvalue weighted by molar-refractivity contribution is 6.53. The summed E-state index contributed by atoms with van der Waals surface area (Å²) < 4.78 is 3.87. The van der Waals surface area contributed by atoms with Crippen LogP contribution in [0.4, 0.5) is 17.1 Å². The third kappa shape index (κ3) is 7.17. The third-order valence-corrected chi connectivity index (χ3v) is 8.90. The third-order valence-electron chi connectivity index (χ3n) is 7.19. The van der Waals surface area contributed by atoms with E-state index >= 15 is 0 Å². The fourth-order valence-corrected chi connectivity index (χ4v) is 6.44. The van der Waals surface area contributed by atoms with Crippen LogP contribution in [0.25, 0.3) is 0 Å². The van der Waals surface area contributed by atoms with Gasteiger partial charge >= 0.3 is 0 Å². The molecule has 2 amide bonds. The zero-order chi connectivity index (χ0) is 30.9. The van der Waals surface area contributed by atoms with Crippen LogP contribution in [-0.4, -0.2) is 23.3 Å². The normalized spacial score (nSPS) is 16.7. The number of rotatable bonds is 9. The number of hydrogen-bond donors (Lipinski definition) is 3. The fourth-order valence-electron chi connectivity index (χ4n) is 4.87. The topological polar surface area (TPSA) is 79.5 Å². The first kappa shape index (κ1) is 31.3. The monoisotopic (exact) mass is 675 g/mol. The molecule has 222 valence electrons. The van der Waals surface area contributed by atoms with Gasteiger partial charge in [-0.05, 0) is 90.3 Å². The molecule has 1 saturated carbocycles. The number of alkyl halides is 2. The molecule has 0 aromatic heterocycles. The zero-order valence-electron chi connectivity index (χ0n) is 23.0. The molecule has 3 N–H and O–H groups in total. The van der Waals surface area contributed by atoms with Crippen molar-refractivity contribution in [3.63, 3.8) is 0 Å². The molecule has 1 fully saturated rings. The quantitative estimate of drug-likeness (QED) is 0.154. The lowest BCUT2D eigenvalue weighted by atomic mass is 10.1. The number of carbonyl (C=O) groups excluding carboxylic acids is 2. The maximum absolute atomic E-state index is 13.2. The Morgan fingerprint density at radius 1 is 0.837 bits per heavy atom. The minimum absolute atomic E-state index is 0.192. The van der Waals surface area contributed by atoms with Gasteiger partial charge in [0.1, 0.15) is 10.1 Å². The molecule has 5 rings (SSSR count). The SMILES string of the molecule is COc1ccc(CNc2ccc(NC(=O)c3cc(NC(=O)[C@H]4[C@H](c5cc(Cl)cc(Cl)c5)C4(Cl)Cl)ccc3Cl)c(C)c2)cc1. The molecule has 0 spiro atoms. The minimum Gasteiger partial charge on any atom is -0.497 e. The summed E-state index contributed by atoms with van der Waals surface area (Å²) in [6, 6.07) is 23.1. The van der Waals surface area contributed by atoms with Gasteiger partial charge in [0.25, 0.3) is 5.91 Å². The average Bonchev–Trinajstić information content (AvgIpc) is 3.55. The second-order valence-corrected chi connectivity index (χ2v) is 12.9. The van der Waals surface area contributed by atoms with Crippen LogP contribution in [0.15, 0.2) is 78.9 Å². The largest absolute Gasteiger partial charge is 0.497 e. The van der Waals surface area contributed by atoms with Gasteiger partial charge in [-0.2, -0.15) is 0 Å². The van der Waals surface area contributed by atoms with Crippen molar-refractivity contribution in [1.29, 1.82) is 0 Å². The number of hydrogen-bond acceptors (Lipinski definition) is 4. The summed E-state index contributed by atoms with van der Waals surface area (Å²) in [5, 5.41) is 10.1. The average molecular weight is 678 g/mol. The molecule has 0 heterocycles. The number of anilines is 3. The number of nitrogens with one attached hydrogen (secondary N) is 3. The number of amides is 2. The van der Waals surface area contributed by atoms with E-state index in [2.05, 4.69) is 16.0 Å². The van der Waals surface area contributed by atoms with E-state index in [-0.39, 0.29) is 10.6 Å². The second kappa shape index (κ2) is 12.8. The summed E-state index contributed by atoms with van der Waals surface area (Å²) in [5.74, 6) is -1.29. The van der Waals surface area contributed by atoms with E-state index in [0.717, 1.165) is 22.6 Å². The number of methoxy groups -OCH3 is 1. The van der Waals surface area contributed by atoms with E-state index in [1.165, 1.54) is 6.07 Å². The zero-order valence-corrected chi connectivity index (χ0v) is 26.8. The van der Waals surface area contributed by atoms with Crippen molar-refractivity contribution in [2.24, 2.45) is 5.92 Å². The van der Waals surface area contributed by atoms with Gasteiger partial charge in [-0.15, -0.1) is 23.2 Å². The van der Waals surface area contributed by atoms with Crippen LogP contribution in [0.3, 0.4) is 0 Å². The number of halogens is 5. The molecule has 2 atom stereocenters. The van der Waals surface area contributed by atoms with Gasteiger partial charge in [0.2, 0.25) is 5.91 Å². The molecular weight excluding hydrogens is 652 g/mol. The van der Waals surface area contributed by atoms with Gasteiger partial charge in [0, 0.05) is 39.6 Å². The molecule has 11 heteroatoms. The van der Waals surface area contributed by atoms with Crippen LogP contribution in [0.1, 0.15) is 33.0 Å². The summed E-state index contributed by atoms with van der Waals surface area (Å²) in [4.78, 5) is 26.4. The van der Waals surface area contributed by atoms with Crippen LogP contribution in [0.2, 0.25) is 15.1 Å². The summed E-state index contributed by atoms with van der Waals surface area (Å²) >= 11 is 31.6. The van der Waals surface area contributed by atoms with Gasteiger partial charge in [-0.25, -0.2) is 0 Å².